The summed E-state index contributed by atoms with van der Waals surface area (Å²) in [5, 5.41) is 0. The minimum Gasteiger partial charge on any atom is -0.0917 e. The van der Waals surface area contributed by atoms with Crippen molar-refractivity contribution in [2.45, 2.75) is 111 Å². The summed E-state index contributed by atoms with van der Waals surface area (Å²) in [6.45, 7) is 6.87. The Morgan fingerprint density at radius 1 is 0.700 bits per heavy atom. The molecule has 0 radical (unpaired) electrons. The first-order valence-corrected chi connectivity index (χ1v) is 9.42. The third kappa shape index (κ3) is 15.8. The lowest BCUT2D eigenvalue weighted by atomic mass is 9.96. The van der Waals surface area contributed by atoms with E-state index in [2.05, 4.69) is 32.9 Å². The first-order chi connectivity index (χ1) is 9.81. The molecule has 0 spiro atoms. The third-order valence-corrected chi connectivity index (χ3v) is 4.35. The molecule has 0 fully saturated rings. The SMILES string of the molecule is CC=CCCCCCCC(C)CCCCCCCCC. The van der Waals surface area contributed by atoms with Gasteiger partial charge in [-0.25, -0.2) is 0 Å². The van der Waals surface area contributed by atoms with E-state index in [-0.39, 0.29) is 0 Å². The molecule has 0 bridgehead atoms. The van der Waals surface area contributed by atoms with Crippen LogP contribution in [0, 0.1) is 5.92 Å². The maximum absolute atomic E-state index is 2.46. The number of unbranched alkanes of at least 4 members (excludes halogenated alkanes) is 10. The molecule has 0 N–H and O–H groups in total. The van der Waals surface area contributed by atoms with Crippen LogP contribution in [0.25, 0.3) is 0 Å². The van der Waals surface area contributed by atoms with E-state index in [1.54, 1.807) is 0 Å². The largest absolute Gasteiger partial charge is 0.0917 e. The minimum absolute atomic E-state index is 0.959. The molecule has 0 saturated heterocycles. The van der Waals surface area contributed by atoms with Gasteiger partial charge in [0.05, 0.1) is 0 Å². The fourth-order valence-corrected chi connectivity index (χ4v) is 2.87. The van der Waals surface area contributed by atoms with Gasteiger partial charge in [-0.15, -0.1) is 0 Å². The van der Waals surface area contributed by atoms with Gasteiger partial charge in [0.15, 0.2) is 0 Å². The van der Waals surface area contributed by atoms with E-state index in [1.807, 2.05) is 0 Å². The average Bonchev–Trinajstić information content (AvgIpc) is 2.45. The van der Waals surface area contributed by atoms with Gasteiger partial charge in [0, 0.05) is 0 Å². The van der Waals surface area contributed by atoms with Crippen molar-refractivity contribution in [2.24, 2.45) is 5.92 Å². The van der Waals surface area contributed by atoms with Gasteiger partial charge < -0.3 is 0 Å². The molecule has 0 heteroatoms. The highest BCUT2D eigenvalue weighted by molar-refractivity contribution is 4.76. The summed E-state index contributed by atoms with van der Waals surface area (Å²) >= 11 is 0. The first kappa shape index (κ1) is 19.7. The van der Waals surface area contributed by atoms with Gasteiger partial charge in [0.25, 0.3) is 0 Å². The Morgan fingerprint density at radius 3 is 1.75 bits per heavy atom. The molecule has 1 unspecified atom stereocenters. The summed E-state index contributed by atoms with van der Waals surface area (Å²) < 4.78 is 0. The molecule has 0 heterocycles. The third-order valence-electron chi connectivity index (χ3n) is 4.35. The Morgan fingerprint density at radius 2 is 1.20 bits per heavy atom. The van der Waals surface area contributed by atoms with E-state index in [4.69, 9.17) is 0 Å². The maximum atomic E-state index is 2.46. The van der Waals surface area contributed by atoms with E-state index < -0.39 is 0 Å². The van der Waals surface area contributed by atoms with Crippen LogP contribution in [0.2, 0.25) is 0 Å². The molecule has 0 nitrogen and oxygen atoms in total. The lowest BCUT2D eigenvalue weighted by molar-refractivity contribution is 0.432. The second-order valence-electron chi connectivity index (χ2n) is 6.58. The quantitative estimate of drug-likeness (QED) is 0.213. The van der Waals surface area contributed by atoms with E-state index in [9.17, 15) is 0 Å². The smallest absolute Gasteiger partial charge is 0.0351 e. The highest BCUT2D eigenvalue weighted by Crippen LogP contribution is 2.18. The van der Waals surface area contributed by atoms with Crippen LogP contribution >= 0.6 is 0 Å². The standard InChI is InChI=1S/C20H40/c1-4-6-8-10-12-14-16-18-20(3)19-17-15-13-11-9-7-5-2/h4,6,20H,5,7-19H2,1-3H3. The van der Waals surface area contributed by atoms with Gasteiger partial charge in [-0.1, -0.05) is 103 Å². The summed E-state index contributed by atoms with van der Waals surface area (Å²) in [6.07, 6.45) is 24.5. The van der Waals surface area contributed by atoms with Crippen LogP contribution in [0.4, 0.5) is 0 Å². The molecule has 120 valence electrons. The summed E-state index contributed by atoms with van der Waals surface area (Å²) in [5.41, 5.74) is 0. The topological polar surface area (TPSA) is 0 Å². The van der Waals surface area contributed by atoms with E-state index >= 15 is 0 Å². The van der Waals surface area contributed by atoms with Crippen molar-refractivity contribution < 1.29 is 0 Å². The van der Waals surface area contributed by atoms with Gasteiger partial charge in [0.1, 0.15) is 0 Å². The van der Waals surface area contributed by atoms with Crippen LogP contribution < -0.4 is 0 Å². The summed E-state index contributed by atoms with van der Waals surface area (Å²) in [6, 6.07) is 0. The average molecular weight is 281 g/mol. The molecule has 0 aromatic carbocycles. The predicted molar refractivity (Wildman–Crippen MR) is 94.3 cm³/mol. The summed E-state index contributed by atoms with van der Waals surface area (Å²) in [4.78, 5) is 0. The maximum Gasteiger partial charge on any atom is -0.0351 e. The zero-order valence-corrected chi connectivity index (χ0v) is 14.6. The van der Waals surface area contributed by atoms with Crippen molar-refractivity contribution >= 4 is 0 Å². The highest BCUT2D eigenvalue weighted by Gasteiger charge is 2.01. The fourth-order valence-electron chi connectivity index (χ4n) is 2.87. The van der Waals surface area contributed by atoms with Crippen molar-refractivity contribution in [3.05, 3.63) is 12.2 Å². The number of allylic oxidation sites excluding steroid dienone is 2. The molecule has 0 aromatic rings. The fraction of sp³-hybridized carbons (Fsp3) is 0.900. The summed E-state index contributed by atoms with van der Waals surface area (Å²) in [5.74, 6) is 0.959. The minimum atomic E-state index is 0.959. The Kier molecular flexibility index (Phi) is 16.6. The van der Waals surface area contributed by atoms with Crippen LogP contribution in [0.5, 0.6) is 0 Å². The van der Waals surface area contributed by atoms with E-state index in [0.29, 0.717) is 0 Å². The van der Waals surface area contributed by atoms with Crippen LogP contribution in [0.1, 0.15) is 111 Å². The Labute approximate surface area is 129 Å². The molecule has 0 saturated carbocycles. The first-order valence-electron chi connectivity index (χ1n) is 9.42. The number of rotatable bonds is 15. The second kappa shape index (κ2) is 16.8. The van der Waals surface area contributed by atoms with Crippen LogP contribution in [-0.4, -0.2) is 0 Å². The molecule has 0 aliphatic carbocycles. The molecular weight excluding hydrogens is 240 g/mol. The van der Waals surface area contributed by atoms with Crippen molar-refractivity contribution in [1.82, 2.24) is 0 Å². The number of hydrogen-bond acceptors (Lipinski definition) is 0. The van der Waals surface area contributed by atoms with E-state index in [1.165, 1.54) is 89.9 Å². The molecule has 0 aliphatic heterocycles. The van der Waals surface area contributed by atoms with Crippen molar-refractivity contribution in [1.29, 1.82) is 0 Å². The van der Waals surface area contributed by atoms with Gasteiger partial charge in [0.2, 0.25) is 0 Å². The second-order valence-corrected chi connectivity index (χ2v) is 6.58. The van der Waals surface area contributed by atoms with Crippen LogP contribution in [-0.2, 0) is 0 Å². The molecular formula is C20H40. The van der Waals surface area contributed by atoms with Gasteiger partial charge >= 0.3 is 0 Å². The van der Waals surface area contributed by atoms with Crippen molar-refractivity contribution in [3.63, 3.8) is 0 Å². The van der Waals surface area contributed by atoms with E-state index in [0.717, 1.165) is 5.92 Å². The summed E-state index contributed by atoms with van der Waals surface area (Å²) in [7, 11) is 0. The van der Waals surface area contributed by atoms with Crippen molar-refractivity contribution in [2.75, 3.05) is 0 Å². The van der Waals surface area contributed by atoms with Crippen LogP contribution in [0.3, 0.4) is 0 Å². The molecule has 0 amide bonds. The highest BCUT2D eigenvalue weighted by atomic mass is 14.1. The Bertz CT molecular complexity index is 192. The van der Waals surface area contributed by atoms with Gasteiger partial charge in [-0.3, -0.25) is 0 Å². The zero-order chi connectivity index (χ0) is 14.9. The normalized spacial score (nSPS) is 13.2. The lowest BCUT2D eigenvalue weighted by Gasteiger charge is -2.10. The zero-order valence-electron chi connectivity index (χ0n) is 14.6. The number of hydrogen-bond donors (Lipinski definition) is 0. The molecule has 20 heavy (non-hydrogen) atoms. The van der Waals surface area contributed by atoms with Gasteiger partial charge in [-0.05, 0) is 25.7 Å². The Balaban J connectivity index is 3.14. The lowest BCUT2D eigenvalue weighted by Crippen LogP contribution is -1.95. The van der Waals surface area contributed by atoms with Crippen molar-refractivity contribution in [3.8, 4) is 0 Å². The van der Waals surface area contributed by atoms with Crippen LogP contribution in [0.15, 0.2) is 12.2 Å². The molecule has 0 aliphatic rings. The van der Waals surface area contributed by atoms with Gasteiger partial charge in [-0.2, -0.15) is 0 Å². The molecule has 1 atom stereocenters. The molecule has 0 aromatic heterocycles. The predicted octanol–water partition coefficient (Wildman–Crippen LogP) is 7.68. The molecule has 0 rings (SSSR count). The Hall–Kier alpha value is -0.260. The monoisotopic (exact) mass is 280 g/mol.